The Hall–Kier alpha value is -0.0000000000000000763. The maximum absolute atomic E-state index is 8.45. The molecule has 12 heavy (non-hydrogen) atoms. The zero-order valence-electron chi connectivity index (χ0n) is 6.90. The summed E-state index contributed by atoms with van der Waals surface area (Å²) in [6.07, 6.45) is 2.45. The minimum Gasteiger partial charge on any atom is -0.396 e. The highest BCUT2D eigenvalue weighted by Gasteiger charge is 1.91. The molecule has 0 unspecified atom stereocenters. The maximum atomic E-state index is 8.45. The summed E-state index contributed by atoms with van der Waals surface area (Å²) in [5, 5.41) is 9.01. The van der Waals surface area contributed by atoms with Gasteiger partial charge in [-0.1, -0.05) is 17.8 Å². The molecule has 0 atom stereocenters. The third-order valence-corrected chi connectivity index (χ3v) is 1.85. The molecule has 0 aromatic rings. The number of nitrogens with zero attached hydrogens (tertiary/aromatic N) is 1. The van der Waals surface area contributed by atoms with E-state index in [4.69, 9.17) is 10.8 Å². The van der Waals surface area contributed by atoms with E-state index in [1.165, 1.54) is 11.8 Å². The first-order valence-electron chi connectivity index (χ1n) is 3.45. The molecule has 0 spiro atoms. The number of hydrogen-bond acceptors (Lipinski definition) is 3. The van der Waals surface area contributed by atoms with Crippen molar-refractivity contribution in [2.24, 2.45) is 10.7 Å². The van der Waals surface area contributed by atoms with Crippen LogP contribution in [0.4, 0.5) is 0 Å². The summed E-state index contributed by atoms with van der Waals surface area (Å²) in [5.74, 6) is 0.822. The van der Waals surface area contributed by atoms with E-state index in [2.05, 4.69) is 11.6 Å². The van der Waals surface area contributed by atoms with Gasteiger partial charge in [-0.2, -0.15) is 0 Å². The fourth-order valence-corrected chi connectivity index (χ4v) is 1.09. The van der Waals surface area contributed by atoms with Gasteiger partial charge in [-0.15, -0.1) is 23.6 Å². The van der Waals surface area contributed by atoms with Crippen molar-refractivity contribution >= 4 is 33.9 Å². The van der Waals surface area contributed by atoms with E-state index in [-0.39, 0.29) is 23.6 Å². The Morgan fingerprint density at radius 2 is 2.33 bits per heavy atom. The van der Waals surface area contributed by atoms with Gasteiger partial charge < -0.3 is 10.8 Å². The molecule has 0 aromatic heterocycles. The minimum absolute atomic E-state index is 0. The first kappa shape index (κ1) is 14.5. The van der Waals surface area contributed by atoms with Crippen LogP contribution in [-0.2, 0) is 0 Å². The lowest BCUT2D eigenvalue weighted by Crippen LogP contribution is -2.08. The molecule has 0 aliphatic rings. The van der Waals surface area contributed by atoms with Gasteiger partial charge in [0.2, 0.25) is 0 Å². The van der Waals surface area contributed by atoms with Gasteiger partial charge in [0, 0.05) is 12.4 Å². The zero-order chi connectivity index (χ0) is 8.53. The van der Waals surface area contributed by atoms with E-state index in [9.17, 15) is 0 Å². The van der Waals surface area contributed by atoms with Crippen molar-refractivity contribution in [2.75, 3.05) is 18.9 Å². The van der Waals surface area contributed by atoms with Crippen LogP contribution in [0.3, 0.4) is 0 Å². The van der Waals surface area contributed by atoms with E-state index in [0.29, 0.717) is 11.7 Å². The van der Waals surface area contributed by atoms with Crippen LogP contribution in [0.1, 0.15) is 6.42 Å². The quantitative estimate of drug-likeness (QED) is 0.335. The highest BCUT2D eigenvalue weighted by atomic mass is 79.9. The van der Waals surface area contributed by atoms with E-state index in [1.54, 1.807) is 6.08 Å². The molecule has 0 aliphatic carbocycles. The molecular weight excluding hydrogens is 240 g/mol. The summed E-state index contributed by atoms with van der Waals surface area (Å²) < 4.78 is 0. The summed E-state index contributed by atoms with van der Waals surface area (Å²) in [7, 11) is 0. The van der Waals surface area contributed by atoms with Crippen LogP contribution >= 0.6 is 28.7 Å². The Labute approximate surface area is 87.9 Å². The van der Waals surface area contributed by atoms with Crippen molar-refractivity contribution in [3.05, 3.63) is 12.7 Å². The van der Waals surface area contributed by atoms with Gasteiger partial charge in [0.05, 0.1) is 6.54 Å². The number of amidine groups is 1. The summed E-state index contributed by atoms with van der Waals surface area (Å²) in [6.45, 7) is 4.29. The molecule has 0 radical (unpaired) electrons. The average molecular weight is 255 g/mol. The van der Waals surface area contributed by atoms with Crippen molar-refractivity contribution < 1.29 is 5.11 Å². The molecule has 0 amide bonds. The van der Waals surface area contributed by atoms with Gasteiger partial charge in [0.15, 0.2) is 5.17 Å². The molecule has 0 fully saturated rings. The summed E-state index contributed by atoms with van der Waals surface area (Å²) in [6, 6.07) is 0. The van der Waals surface area contributed by atoms with Crippen molar-refractivity contribution in [1.82, 2.24) is 0 Å². The predicted molar refractivity (Wildman–Crippen MR) is 61.2 cm³/mol. The lowest BCUT2D eigenvalue weighted by molar-refractivity contribution is 0.296. The van der Waals surface area contributed by atoms with Crippen LogP contribution in [0.25, 0.3) is 0 Å². The molecule has 0 heterocycles. The Morgan fingerprint density at radius 1 is 1.67 bits per heavy atom. The number of nitrogens with two attached hydrogens (primary N) is 1. The predicted octanol–water partition coefficient (Wildman–Crippen LogP) is 1.18. The Bertz CT molecular complexity index is 141. The normalized spacial score (nSPS) is 10.6. The van der Waals surface area contributed by atoms with Crippen molar-refractivity contribution in [3.63, 3.8) is 0 Å². The van der Waals surface area contributed by atoms with E-state index in [0.717, 1.165) is 12.2 Å². The molecule has 0 aliphatic heterocycles. The first-order valence-corrected chi connectivity index (χ1v) is 4.44. The second-order valence-electron chi connectivity index (χ2n) is 1.89. The topological polar surface area (TPSA) is 58.6 Å². The van der Waals surface area contributed by atoms with Gasteiger partial charge in [-0.05, 0) is 6.42 Å². The first-order chi connectivity index (χ1) is 5.31. The average Bonchev–Trinajstić information content (AvgIpc) is 2.01. The SMILES string of the molecule is Br.C=CCN=C(N)SCCCO. The van der Waals surface area contributed by atoms with Crippen molar-refractivity contribution in [3.8, 4) is 0 Å². The van der Waals surface area contributed by atoms with Crippen molar-refractivity contribution in [2.45, 2.75) is 6.42 Å². The van der Waals surface area contributed by atoms with Crippen LogP contribution in [0, 0.1) is 0 Å². The molecule has 0 aromatic carbocycles. The number of aliphatic hydroxyl groups is 1. The van der Waals surface area contributed by atoms with Gasteiger partial charge in [-0.25, -0.2) is 0 Å². The number of aliphatic hydroxyl groups excluding tert-OH is 1. The third kappa shape index (κ3) is 10.0. The molecule has 3 nitrogen and oxygen atoms in total. The second kappa shape index (κ2) is 11.0. The van der Waals surface area contributed by atoms with E-state index >= 15 is 0 Å². The second-order valence-corrected chi connectivity index (χ2v) is 3.01. The Balaban J connectivity index is 0. The van der Waals surface area contributed by atoms with E-state index < -0.39 is 0 Å². The third-order valence-electron chi connectivity index (χ3n) is 0.929. The maximum Gasteiger partial charge on any atom is 0.154 e. The van der Waals surface area contributed by atoms with Crippen LogP contribution in [0.15, 0.2) is 17.6 Å². The molecule has 0 rings (SSSR count). The zero-order valence-corrected chi connectivity index (χ0v) is 9.43. The van der Waals surface area contributed by atoms with Crippen LogP contribution < -0.4 is 5.73 Å². The highest BCUT2D eigenvalue weighted by Crippen LogP contribution is 2.01. The molecule has 0 saturated carbocycles. The molecule has 5 heteroatoms. The van der Waals surface area contributed by atoms with Gasteiger partial charge in [-0.3, -0.25) is 4.99 Å². The molecule has 0 bridgehead atoms. The Morgan fingerprint density at radius 3 is 2.83 bits per heavy atom. The molecule has 0 saturated heterocycles. The van der Waals surface area contributed by atoms with Gasteiger partial charge in [0.25, 0.3) is 0 Å². The molecule has 3 N–H and O–H groups in total. The number of thioether (sulfide) groups is 1. The smallest absolute Gasteiger partial charge is 0.154 e. The lowest BCUT2D eigenvalue weighted by atomic mass is 10.5. The molecular formula is C7H15BrN2OS. The number of rotatable bonds is 5. The molecule has 72 valence electrons. The monoisotopic (exact) mass is 254 g/mol. The number of hydrogen-bond donors (Lipinski definition) is 2. The summed E-state index contributed by atoms with van der Waals surface area (Å²) in [4.78, 5) is 3.97. The van der Waals surface area contributed by atoms with Crippen LogP contribution in [0.5, 0.6) is 0 Å². The summed E-state index contributed by atoms with van der Waals surface area (Å²) in [5.41, 5.74) is 5.48. The van der Waals surface area contributed by atoms with Gasteiger partial charge in [0.1, 0.15) is 0 Å². The van der Waals surface area contributed by atoms with Gasteiger partial charge >= 0.3 is 0 Å². The van der Waals surface area contributed by atoms with E-state index in [1.807, 2.05) is 0 Å². The standard InChI is InChI=1S/C7H14N2OS.BrH/c1-2-4-9-7(8)11-6-3-5-10;/h2,10H,1,3-6H2,(H2,8,9);1H. The minimum atomic E-state index is 0. The van der Waals surface area contributed by atoms with Crippen molar-refractivity contribution in [1.29, 1.82) is 0 Å². The van der Waals surface area contributed by atoms with Crippen LogP contribution in [-0.4, -0.2) is 29.2 Å². The fourth-order valence-electron chi connectivity index (χ4n) is 0.441. The number of halogens is 1. The number of aliphatic imine (C=N–C) groups is 1. The van der Waals surface area contributed by atoms with Crippen LogP contribution in [0.2, 0.25) is 0 Å². The fraction of sp³-hybridized carbons (Fsp3) is 0.571. The lowest BCUT2D eigenvalue weighted by Gasteiger charge is -1.97. The largest absolute Gasteiger partial charge is 0.396 e. The highest BCUT2D eigenvalue weighted by molar-refractivity contribution is 8.93. The summed E-state index contributed by atoms with van der Waals surface area (Å²) >= 11 is 1.46. The Kier molecular flexibility index (Phi) is 13.3.